The molecule has 0 heterocycles. The molecule has 0 aliphatic heterocycles. The lowest BCUT2D eigenvalue weighted by Crippen LogP contribution is -2.27. The Morgan fingerprint density at radius 3 is 2.80 bits per heavy atom. The van der Waals surface area contributed by atoms with E-state index in [9.17, 15) is 13.6 Å². The highest BCUT2D eigenvalue weighted by molar-refractivity contribution is 14.1. The Bertz CT molecular complexity index is 357. The summed E-state index contributed by atoms with van der Waals surface area (Å²) in [6, 6.07) is 3.82. The maximum Gasteiger partial charge on any atom is 0.224 e. The molecule has 1 amide bonds. The van der Waals surface area contributed by atoms with Crippen molar-refractivity contribution in [1.29, 1.82) is 0 Å². The highest BCUT2D eigenvalue weighted by Gasteiger charge is 2.10. The first-order valence-electron chi connectivity index (χ1n) is 4.40. The van der Waals surface area contributed by atoms with Crippen molar-refractivity contribution in [3.63, 3.8) is 0 Å². The molecule has 1 aromatic carbocycles. The molecule has 0 aliphatic rings. The van der Waals surface area contributed by atoms with Crippen molar-refractivity contribution in [2.75, 3.05) is 11.0 Å². The van der Waals surface area contributed by atoms with Crippen LogP contribution in [0, 0.1) is 11.6 Å². The molecule has 0 aromatic heterocycles. The SMILES string of the molecule is O=C(Cc1cccc(F)c1F)NCCI. The summed E-state index contributed by atoms with van der Waals surface area (Å²) in [5, 5.41) is 2.59. The third kappa shape index (κ3) is 3.73. The van der Waals surface area contributed by atoms with Gasteiger partial charge in [0.15, 0.2) is 11.6 Å². The van der Waals surface area contributed by atoms with Crippen LogP contribution in [0.3, 0.4) is 0 Å². The second-order valence-electron chi connectivity index (χ2n) is 2.93. The van der Waals surface area contributed by atoms with Crippen LogP contribution in [0.2, 0.25) is 0 Å². The highest BCUT2D eigenvalue weighted by Crippen LogP contribution is 2.11. The fraction of sp³-hybridized carbons (Fsp3) is 0.300. The number of hydrogen-bond acceptors (Lipinski definition) is 1. The van der Waals surface area contributed by atoms with Gasteiger partial charge in [-0.2, -0.15) is 0 Å². The number of rotatable bonds is 4. The summed E-state index contributed by atoms with van der Waals surface area (Å²) in [6.45, 7) is 0.538. The summed E-state index contributed by atoms with van der Waals surface area (Å²) in [7, 11) is 0. The van der Waals surface area contributed by atoms with Gasteiger partial charge in [-0.05, 0) is 6.07 Å². The van der Waals surface area contributed by atoms with Gasteiger partial charge in [0.1, 0.15) is 0 Å². The van der Waals surface area contributed by atoms with Gasteiger partial charge >= 0.3 is 0 Å². The summed E-state index contributed by atoms with van der Waals surface area (Å²) in [5.41, 5.74) is 0.0842. The van der Waals surface area contributed by atoms with E-state index in [4.69, 9.17) is 0 Å². The molecule has 0 saturated carbocycles. The van der Waals surface area contributed by atoms with Crippen LogP contribution in [0.15, 0.2) is 18.2 Å². The van der Waals surface area contributed by atoms with Gasteiger partial charge in [-0.15, -0.1) is 0 Å². The monoisotopic (exact) mass is 325 g/mol. The zero-order valence-electron chi connectivity index (χ0n) is 7.90. The Labute approximate surface area is 100 Å². The van der Waals surface area contributed by atoms with Gasteiger partial charge in [-0.1, -0.05) is 34.7 Å². The van der Waals surface area contributed by atoms with Gasteiger partial charge < -0.3 is 5.32 Å². The molecule has 0 fully saturated rings. The van der Waals surface area contributed by atoms with Crippen molar-refractivity contribution in [1.82, 2.24) is 5.32 Å². The first kappa shape index (κ1) is 12.4. The quantitative estimate of drug-likeness (QED) is 0.666. The van der Waals surface area contributed by atoms with Gasteiger partial charge in [0.05, 0.1) is 6.42 Å². The van der Waals surface area contributed by atoms with Gasteiger partial charge in [0.2, 0.25) is 5.91 Å². The Kier molecular flexibility index (Phi) is 4.93. The molecule has 1 aromatic rings. The number of halogens is 3. The smallest absolute Gasteiger partial charge is 0.224 e. The number of hydrogen-bond donors (Lipinski definition) is 1. The molecular formula is C10H10F2INO. The van der Waals surface area contributed by atoms with E-state index in [0.29, 0.717) is 6.54 Å². The summed E-state index contributed by atoms with van der Waals surface area (Å²) in [6.07, 6.45) is -0.125. The van der Waals surface area contributed by atoms with Crippen molar-refractivity contribution >= 4 is 28.5 Å². The lowest BCUT2D eigenvalue weighted by atomic mass is 10.1. The molecule has 5 heteroatoms. The number of benzene rings is 1. The molecule has 0 atom stereocenters. The fourth-order valence-corrected chi connectivity index (χ4v) is 1.38. The standard InChI is InChI=1S/C10H10F2INO/c11-8-3-1-2-7(10(8)12)6-9(15)14-5-4-13/h1-3H,4-6H2,(H,14,15). The molecule has 0 unspecified atom stereocenters. The number of alkyl halides is 1. The van der Waals surface area contributed by atoms with Crippen molar-refractivity contribution in [2.45, 2.75) is 6.42 Å². The maximum atomic E-state index is 13.1. The predicted octanol–water partition coefficient (Wildman–Crippen LogP) is 2.06. The van der Waals surface area contributed by atoms with Crippen LogP contribution in [0.4, 0.5) is 8.78 Å². The molecule has 15 heavy (non-hydrogen) atoms. The lowest BCUT2D eigenvalue weighted by molar-refractivity contribution is -0.120. The first-order valence-corrected chi connectivity index (χ1v) is 5.93. The lowest BCUT2D eigenvalue weighted by Gasteiger charge is -2.04. The Hall–Kier alpha value is -0.720. The van der Waals surface area contributed by atoms with E-state index in [-0.39, 0.29) is 17.9 Å². The van der Waals surface area contributed by atoms with Crippen molar-refractivity contribution < 1.29 is 13.6 Å². The molecule has 82 valence electrons. The maximum absolute atomic E-state index is 13.1. The molecule has 0 aliphatic carbocycles. The topological polar surface area (TPSA) is 29.1 Å². The molecule has 1 N–H and O–H groups in total. The van der Waals surface area contributed by atoms with E-state index in [2.05, 4.69) is 27.9 Å². The zero-order chi connectivity index (χ0) is 11.3. The van der Waals surface area contributed by atoms with Crippen molar-refractivity contribution in [2.24, 2.45) is 0 Å². The van der Waals surface area contributed by atoms with E-state index in [1.165, 1.54) is 12.1 Å². The van der Waals surface area contributed by atoms with Crippen LogP contribution in [-0.4, -0.2) is 16.9 Å². The molecule has 0 saturated heterocycles. The molecule has 0 radical (unpaired) electrons. The van der Waals surface area contributed by atoms with Crippen LogP contribution in [0.5, 0.6) is 0 Å². The number of carbonyl (C=O) groups is 1. The van der Waals surface area contributed by atoms with Crippen LogP contribution < -0.4 is 5.32 Å². The van der Waals surface area contributed by atoms with Crippen LogP contribution in [-0.2, 0) is 11.2 Å². The normalized spacial score (nSPS) is 10.1. The Balaban J connectivity index is 2.64. The van der Waals surface area contributed by atoms with Crippen LogP contribution >= 0.6 is 22.6 Å². The van der Waals surface area contributed by atoms with Gasteiger partial charge in [-0.3, -0.25) is 4.79 Å². The predicted molar refractivity (Wildman–Crippen MR) is 62.0 cm³/mol. The van der Waals surface area contributed by atoms with Gasteiger partial charge in [0, 0.05) is 16.5 Å². The summed E-state index contributed by atoms with van der Waals surface area (Å²) < 4.78 is 26.7. The number of nitrogens with one attached hydrogen (secondary N) is 1. The van der Waals surface area contributed by atoms with Crippen LogP contribution in [0.25, 0.3) is 0 Å². The molecular weight excluding hydrogens is 315 g/mol. The highest BCUT2D eigenvalue weighted by atomic mass is 127. The van der Waals surface area contributed by atoms with Gasteiger partial charge in [0.25, 0.3) is 0 Å². The minimum atomic E-state index is -0.942. The van der Waals surface area contributed by atoms with E-state index in [1.54, 1.807) is 0 Å². The second-order valence-corrected chi connectivity index (χ2v) is 4.01. The molecule has 0 bridgehead atoms. The third-order valence-corrected chi connectivity index (χ3v) is 2.34. The number of carbonyl (C=O) groups excluding carboxylic acids is 1. The first-order chi connectivity index (χ1) is 7.15. The Morgan fingerprint density at radius 2 is 2.13 bits per heavy atom. The largest absolute Gasteiger partial charge is 0.355 e. The van der Waals surface area contributed by atoms with E-state index < -0.39 is 11.6 Å². The minimum absolute atomic E-state index is 0.0842. The van der Waals surface area contributed by atoms with E-state index >= 15 is 0 Å². The van der Waals surface area contributed by atoms with E-state index in [1.807, 2.05) is 0 Å². The molecule has 2 nitrogen and oxygen atoms in total. The second kappa shape index (κ2) is 5.99. The fourth-order valence-electron chi connectivity index (χ4n) is 1.11. The summed E-state index contributed by atoms with van der Waals surface area (Å²) in [4.78, 5) is 11.2. The number of amides is 1. The average molecular weight is 325 g/mol. The zero-order valence-corrected chi connectivity index (χ0v) is 10.1. The summed E-state index contributed by atoms with van der Waals surface area (Å²) in [5.74, 6) is -2.16. The average Bonchev–Trinajstić information content (AvgIpc) is 2.22. The third-order valence-electron chi connectivity index (χ3n) is 1.80. The van der Waals surface area contributed by atoms with Crippen molar-refractivity contribution in [3.05, 3.63) is 35.4 Å². The minimum Gasteiger partial charge on any atom is -0.355 e. The molecule has 1 rings (SSSR count). The van der Waals surface area contributed by atoms with Crippen molar-refractivity contribution in [3.8, 4) is 0 Å². The summed E-state index contributed by atoms with van der Waals surface area (Å²) >= 11 is 2.12. The molecule has 0 spiro atoms. The van der Waals surface area contributed by atoms with E-state index in [0.717, 1.165) is 10.5 Å². The van der Waals surface area contributed by atoms with Crippen LogP contribution in [0.1, 0.15) is 5.56 Å². The van der Waals surface area contributed by atoms with Gasteiger partial charge in [-0.25, -0.2) is 8.78 Å². The Morgan fingerprint density at radius 1 is 1.40 bits per heavy atom.